The summed E-state index contributed by atoms with van der Waals surface area (Å²) in [4.78, 5) is 40.3. The molecule has 1 aliphatic carbocycles. The Bertz CT molecular complexity index is 1200. The Morgan fingerprint density at radius 1 is 1.33 bits per heavy atom. The van der Waals surface area contributed by atoms with Gasteiger partial charge >= 0.3 is 0 Å². The van der Waals surface area contributed by atoms with Crippen LogP contribution in [-0.4, -0.2) is 86.6 Å². The molecule has 3 rings (SSSR count). The maximum Gasteiger partial charge on any atom is 0.215 e. The summed E-state index contributed by atoms with van der Waals surface area (Å²) in [6, 6.07) is 1.60. The van der Waals surface area contributed by atoms with Gasteiger partial charge in [-0.2, -0.15) is 0 Å². The smallest absolute Gasteiger partial charge is 0.215 e. The standard InChI is InChI=1S/C33H49ClN6O3/c1-8-11-15-39(24(6)19-36-21-41)31(35-7)27-18-28(34)33(38-16-17-43-29(20-38)23(4)5)37-32(27)40(22-42)30-25(9-2)13-12-14-26(30)10-3/h8,12-14,18,21-25,29-30H,1,9-11,15-17,19-20H2,2-7H3,(H,36,41)/b35-31+. The molecule has 0 spiro atoms. The molecule has 10 heteroatoms. The fraction of sp³-hybridized carbons (Fsp3) is 0.576. The number of carbonyl (C=O) groups excluding carboxylic acids is 2. The number of anilines is 2. The third-order valence-corrected chi connectivity index (χ3v) is 8.67. The van der Waals surface area contributed by atoms with Crippen LogP contribution < -0.4 is 15.1 Å². The van der Waals surface area contributed by atoms with E-state index in [1.54, 1.807) is 11.9 Å². The molecule has 0 aromatic carbocycles. The highest BCUT2D eigenvalue weighted by Crippen LogP contribution is 2.37. The summed E-state index contributed by atoms with van der Waals surface area (Å²) in [6.45, 7) is 17.4. The SMILES string of the molecule is C=CCCN(/C(=N/C)c1cc(Cl)c(N2CCOC(C(C)C)C2)nc1N(C=O)C1C(CC)=CC=CC1CC)C(C)CNC=O. The summed E-state index contributed by atoms with van der Waals surface area (Å²) in [5, 5.41) is 3.28. The molecule has 1 saturated heterocycles. The topological polar surface area (TPSA) is 90.4 Å². The van der Waals surface area contributed by atoms with Gasteiger partial charge in [0.1, 0.15) is 17.5 Å². The maximum absolute atomic E-state index is 13.2. The van der Waals surface area contributed by atoms with Gasteiger partial charge in [-0.15, -0.1) is 6.58 Å². The maximum atomic E-state index is 13.2. The first-order valence-corrected chi connectivity index (χ1v) is 15.8. The number of ether oxygens (including phenoxy) is 1. The van der Waals surface area contributed by atoms with Crippen molar-refractivity contribution in [3.05, 3.63) is 53.1 Å². The second kappa shape index (κ2) is 16.6. The van der Waals surface area contributed by atoms with Crippen molar-refractivity contribution in [2.24, 2.45) is 16.8 Å². The van der Waals surface area contributed by atoms with E-state index in [4.69, 9.17) is 26.3 Å². The first-order valence-electron chi connectivity index (χ1n) is 15.5. The van der Waals surface area contributed by atoms with E-state index in [-0.39, 0.29) is 24.1 Å². The van der Waals surface area contributed by atoms with Crippen molar-refractivity contribution in [3.8, 4) is 0 Å². The highest BCUT2D eigenvalue weighted by Gasteiger charge is 2.35. The summed E-state index contributed by atoms with van der Waals surface area (Å²) in [5.74, 6) is 2.25. The highest BCUT2D eigenvalue weighted by atomic mass is 35.5. The van der Waals surface area contributed by atoms with Gasteiger partial charge in [-0.05, 0) is 43.7 Å². The van der Waals surface area contributed by atoms with Crippen LogP contribution in [0.4, 0.5) is 11.6 Å². The lowest BCUT2D eigenvalue weighted by molar-refractivity contribution is -0.110. The van der Waals surface area contributed by atoms with Gasteiger partial charge in [0.15, 0.2) is 0 Å². The number of halogens is 1. The van der Waals surface area contributed by atoms with Crippen LogP contribution in [0.3, 0.4) is 0 Å². The van der Waals surface area contributed by atoms with E-state index >= 15 is 0 Å². The Labute approximate surface area is 262 Å². The Hall–Kier alpha value is -3.17. The van der Waals surface area contributed by atoms with Gasteiger partial charge in [0.25, 0.3) is 0 Å². The van der Waals surface area contributed by atoms with Crippen molar-refractivity contribution < 1.29 is 14.3 Å². The molecule has 1 aliphatic heterocycles. The summed E-state index contributed by atoms with van der Waals surface area (Å²) < 4.78 is 6.03. The van der Waals surface area contributed by atoms with Gasteiger partial charge in [0, 0.05) is 45.2 Å². The average Bonchev–Trinajstić information content (AvgIpc) is 3.02. The summed E-state index contributed by atoms with van der Waals surface area (Å²) in [7, 11) is 1.73. The normalized spacial score (nSPS) is 21.3. The number of aliphatic imine (C=N–C) groups is 1. The lowest BCUT2D eigenvalue weighted by atomic mass is 9.84. The van der Waals surface area contributed by atoms with Gasteiger partial charge in [0.05, 0.1) is 29.3 Å². The second-order valence-electron chi connectivity index (χ2n) is 11.5. The Morgan fingerprint density at radius 2 is 2.09 bits per heavy atom. The average molecular weight is 613 g/mol. The predicted octanol–water partition coefficient (Wildman–Crippen LogP) is 5.25. The van der Waals surface area contributed by atoms with Crippen LogP contribution in [0, 0.1) is 11.8 Å². The van der Waals surface area contributed by atoms with Gasteiger partial charge < -0.3 is 19.9 Å². The number of pyridine rings is 1. The van der Waals surface area contributed by atoms with Crippen molar-refractivity contribution in [2.45, 2.75) is 72.1 Å². The Morgan fingerprint density at radius 3 is 2.70 bits per heavy atom. The van der Waals surface area contributed by atoms with Crippen molar-refractivity contribution in [1.82, 2.24) is 15.2 Å². The molecule has 4 unspecified atom stereocenters. The largest absolute Gasteiger partial charge is 0.374 e. The zero-order chi connectivity index (χ0) is 31.5. The van der Waals surface area contributed by atoms with Crippen LogP contribution >= 0.6 is 11.6 Å². The monoisotopic (exact) mass is 612 g/mol. The zero-order valence-corrected chi connectivity index (χ0v) is 27.4. The molecule has 2 heterocycles. The molecule has 1 aromatic rings. The van der Waals surface area contributed by atoms with Crippen LogP contribution in [0.5, 0.6) is 0 Å². The van der Waals surface area contributed by atoms with Crippen molar-refractivity contribution >= 4 is 41.9 Å². The molecule has 1 N–H and O–H groups in total. The minimum atomic E-state index is -0.195. The number of hydrogen-bond acceptors (Lipinski definition) is 6. The lowest BCUT2D eigenvalue weighted by Gasteiger charge is -2.40. The van der Waals surface area contributed by atoms with Crippen molar-refractivity contribution in [3.63, 3.8) is 0 Å². The highest BCUT2D eigenvalue weighted by molar-refractivity contribution is 6.33. The van der Waals surface area contributed by atoms with E-state index in [0.29, 0.717) is 79.6 Å². The Balaban J connectivity index is 2.25. The first-order chi connectivity index (χ1) is 20.8. The molecule has 0 saturated carbocycles. The second-order valence-corrected chi connectivity index (χ2v) is 11.9. The van der Waals surface area contributed by atoms with E-state index < -0.39 is 0 Å². The molecule has 1 aromatic heterocycles. The number of rotatable bonds is 15. The predicted molar refractivity (Wildman–Crippen MR) is 177 cm³/mol. The van der Waals surface area contributed by atoms with Crippen LogP contribution in [0.15, 0.2) is 47.5 Å². The minimum Gasteiger partial charge on any atom is -0.374 e. The lowest BCUT2D eigenvalue weighted by Crippen LogP contribution is -2.47. The fourth-order valence-corrected chi connectivity index (χ4v) is 6.21. The van der Waals surface area contributed by atoms with E-state index in [1.165, 1.54) is 5.57 Å². The molecule has 1 fully saturated rings. The van der Waals surface area contributed by atoms with E-state index in [9.17, 15) is 9.59 Å². The first kappa shape index (κ1) is 34.3. The van der Waals surface area contributed by atoms with Crippen LogP contribution in [0.2, 0.25) is 5.02 Å². The molecule has 43 heavy (non-hydrogen) atoms. The quantitative estimate of drug-likeness (QED) is 0.126. The number of nitrogens with zero attached hydrogens (tertiary/aromatic N) is 5. The van der Waals surface area contributed by atoms with Crippen LogP contribution in [0.25, 0.3) is 0 Å². The molecule has 2 aliphatic rings. The van der Waals surface area contributed by atoms with Gasteiger partial charge in [-0.1, -0.05) is 63.6 Å². The van der Waals surface area contributed by atoms with Crippen molar-refractivity contribution in [2.75, 3.05) is 49.6 Å². The molecule has 0 radical (unpaired) electrons. The van der Waals surface area contributed by atoms with Gasteiger partial charge in [-0.25, -0.2) is 4.98 Å². The number of hydrogen-bond donors (Lipinski definition) is 1. The number of amidine groups is 1. The van der Waals surface area contributed by atoms with Gasteiger partial charge in [0.2, 0.25) is 12.8 Å². The molecule has 9 nitrogen and oxygen atoms in total. The van der Waals surface area contributed by atoms with E-state index in [1.807, 2.05) is 19.1 Å². The number of carbonyl (C=O) groups is 2. The molecular formula is C33H49ClN6O3. The number of aromatic nitrogens is 1. The molecule has 236 valence electrons. The van der Waals surface area contributed by atoms with Crippen molar-refractivity contribution in [1.29, 1.82) is 0 Å². The number of nitrogens with one attached hydrogen (secondary N) is 1. The molecule has 0 bridgehead atoms. The Kier molecular flexibility index (Phi) is 13.3. The van der Waals surface area contributed by atoms with E-state index in [2.05, 4.69) is 67.6 Å². The minimum absolute atomic E-state index is 0.0489. The fourth-order valence-electron chi connectivity index (χ4n) is 5.94. The third kappa shape index (κ3) is 8.06. The summed E-state index contributed by atoms with van der Waals surface area (Å²) in [5.41, 5.74) is 1.83. The number of allylic oxidation sites excluding steroid dienone is 2. The van der Waals surface area contributed by atoms with Gasteiger partial charge in [-0.3, -0.25) is 19.5 Å². The molecular weight excluding hydrogens is 564 g/mol. The summed E-state index contributed by atoms with van der Waals surface area (Å²) >= 11 is 7.06. The zero-order valence-electron chi connectivity index (χ0n) is 26.6. The third-order valence-electron chi connectivity index (χ3n) is 8.39. The number of morpholine rings is 1. The van der Waals surface area contributed by atoms with E-state index in [0.717, 1.165) is 19.3 Å². The van der Waals surface area contributed by atoms with Crippen LogP contribution in [0.1, 0.15) is 59.4 Å². The number of amides is 2. The molecule has 4 atom stereocenters. The summed E-state index contributed by atoms with van der Waals surface area (Å²) in [6.07, 6.45) is 12.2. The molecule has 2 amide bonds. The van der Waals surface area contributed by atoms with Crippen LogP contribution in [-0.2, 0) is 14.3 Å².